The summed E-state index contributed by atoms with van der Waals surface area (Å²) in [6, 6.07) is -0.00601. The number of rotatable bonds is 5. The molecule has 16 heavy (non-hydrogen) atoms. The molecule has 4 nitrogen and oxygen atoms in total. The lowest BCUT2D eigenvalue weighted by Gasteiger charge is -2.32. The molecule has 2 unspecified atom stereocenters. The van der Waals surface area contributed by atoms with Gasteiger partial charge in [-0.1, -0.05) is 12.8 Å². The second kappa shape index (κ2) is 6.86. The van der Waals surface area contributed by atoms with Crippen LogP contribution in [0.25, 0.3) is 0 Å². The van der Waals surface area contributed by atoms with Crippen LogP contribution in [0.2, 0.25) is 0 Å². The van der Waals surface area contributed by atoms with Crippen molar-refractivity contribution in [3.8, 4) is 0 Å². The van der Waals surface area contributed by atoms with Crippen LogP contribution in [-0.4, -0.2) is 48.3 Å². The molecule has 2 atom stereocenters. The Bertz CT molecular complexity index is 220. The minimum atomic E-state index is -0.675. The highest BCUT2D eigenvalue weighted by atomic mass is 16.5. The first-order valence-electron chi connectivity index (χ1n) is 6.14. The third-order valence-corrected chi connectivity index (χ3v) is 3.39. The summed E-state index contributed by atoms with van der Waals surface area (Å²) >= 11 is 0. The molecule has 1 aliphatic rings. The molecule has 1 saturated heterocycles. The van der Waals surface area contributed by atoms with Crippen molar-refractivity contribution in [2.45, 2.75) is 51.1 Å². The van der Waals surface area contributed by atoms with Gasteiger partial charge in [-0.2, -0.15) is 0 Å². The predicted molar refractivity (Wildman–Crippen MR) is 62.6 cm³/mol. The van der Waals surface area contributed by atoms with E-state index in [2.05, 4.69) is 11.8 Å². The third-order valence-electron chi connectivity index (χ3n) is 3.39. The van der Waals surface area contributed by atoms with E-state index in [9.17, 15) is 9.90 Å². The molecule has 4 heteroatoms. The van der Waals surface area contributed by atoms with E-state index < -0.39 is 5.97 Å². The van der Waals surface area contributed by atoms with E-state index in [0.29, 0.717) is 12.6 Å². The van der Waals surface area contributed by atoms with E-state index in [0.717, 1.165) is 38.6 Å². The van der Waals surface area contributed by atoms with E-state index >= 15 is 0 Å². The normalized spacial score (nSPS) is 25.0. The molecule has 1 N–H and O–H groups in total. The number of hydrogen-bond donors (Lipinski definition) is 1. The summed E-state index contributed by atoms with van der Waals surface area (Å²) in [5, 5.41) is 9.24. The average Bonchev–Trinajstić information content (AvgIpc) is 2.50. The number of carboxylic acids is 1. The maximum Gasteiger partial charge on any atom is 0.320 e. The maximum atomic E-state index is 11.2. The standard InChI is InChI=1S/C12H23NO3/c1-10(7-9-16-2)13-8-5-3-4-6-11(13)12(14)15/h10-11H,3-9H2,1-2H3,(H,14,15). The van der Waals surface area contributed by atoms with Gasteiger partial charge in [-0.3, -0.25) is 9.69 Å². The largest absolute Gasteiger partial charge is 0.480 e. The number of ether oxygens (including phenoxy) is 1. The van der Waals surface area contributed by atoms with Crippen LogP contribution in [0.5, 0.6) is 0 Å². The molecule has 0 aromatic heterocycles. The quantitative estimate of drug-likeness (QED) is 0.780. The van der Waals surface area contributed by atoms with Gasteiger partial charge in [0.2, 0.25) is 0 Å². The van der Waals surface area contributed by atoms with Crippen molar-refractivity contribution in [3.63, 3.8) is 0 Å². The summed E-state index contributed by atoms with van der Waals surface area (Å²) in [6.07, 6.45) is 4.98. The van der Waals surface area contributed by atoms with Crippen LogP contribution in [0.15, 0.2) is 0 Å². The molecule has 0 aromatic rings. The highest BCUT2D eigenvalue weighted by molar-refractivity contribution is 5.73. The van der Waals surface area contributed by atoms with E-state index in [4.69, 9.17) is 4.74 Å². The molecule has 0 bridgehead atoms. The van der Waals surface area contributed by atoms with Crippen molar-refractivity contribution in [1.82, 2.24) is 4.90 Å². The van der Waals surface area contributed by atoms with Gasteiger partial charge in [0.05, 0.1) is 0 Å². The van der Waals surface area contributed by atoms with Crippen LogP contribution in [0, 0.1) is 0 Å². The number of nitrogens with zero attached hydrogens (tertiary/aromatic N) is 1. The van der Waals surface area contributed by atoms with Gasteiger partial charge in [-0.15, -0.1) is 0 Å². The van der Waals surface area contributed by atoms with E-state index in [1.807, 2.05) is 0 Å². The van der Waals surface area contributed by atoms with Crippen LogP contribution < -0.4 is 0 Å². The van der Waals surface area contributed by atoms with Crippen LogP contribution in [0.1, 0.15) is 39.0 Å². The van der Waals surface area contributed by atoms with Gasteiger partial charge in [0.25, 0.3) is 0 Å². The number of aliphatic carboxylic acids is 1. The fourth-order valence-corrected chi connectivity index (χ4v) is 2.38. The van der Waals surface area contributed by atoms with Gasteiger partial charge < -0.3 is 9.84 Å². The van der Waals surface area contributed by atoms with Crippen molar-refractivity contribution >= 4 is 5.97 Å². The number of hydrogen-bond acceptors (Lipinski definition) is 3. The van der Waals surface area contributed by atoms with Gasteiger partial charge in [0.15, 0.2) is 0 Å². The Morgan fingerprint density at radius 1 is 1.50 bits per heavy atom. The van der Waals surface area contributed by atoms with Crippen LogP contribution in [0.3, 0.4) is 0 Å². The molecule has 0 spiro atoms. The number of methoxy groups -OCH3 is 1. The molecular formula is C12H23NO3. The fourth-order valence-electron chi connectivity index (χ4n) is 2.38. The lowest BCUT2D eigenvalue weighted by molar-refractivity contribution is -0.144. The van der Waals surface area contributed by atoms with Crippen molar-refractivity contribution in [3.05, 3.63) is 0 Å². The van der Waals surface area contributed by atoms with Crippen LogP contribution in [0.4, 0.5) is 0 Å². The molecule has 1 aliphatic heterocycles. The lowest BCUT2D eigenvalue weighted by Crippen LogP contribution is -2.46. The van der Waals surface area contributed by atoms with Crippen molar-refractivity contribution in [1.29, 1.82) is 0 Å². The van der Waals surface area contributed by atoms with Gasteiger partial charge >= 0.3 is 5.97 Å². The van der Waals surface area contributed by atoms with E-state index in [1.165, 1.54) is 0 Å². The van der Waals surface area contributed by atoms with Crippen molar-refractivity contribution in [2.24, 2.45) is 0 Å². The Hall–Kier alpha value is -0.610. The highest BCUT2D eigenvalue weighted by Crippen LogP contribution is 2.20. The molecule has 1 heterocycles. The Morgan fingerprint density at radius 3 is 2.88 bits per heavy atom. The third kappa shape index (κ3) is 3.76. The minimum Gasteiger partial charge on any atom is -0.480 e. The first-order valence-corrected chi connectivity index (χ1v) is 6.14. The van der Waals surface area contributed by atoms with Gasteiger partial charge in [0, 0.05) is 19.8 Å². The van der Waals surface area contributed by atoms with Crippen LogP contribution in [-0.2, 0) is 9.53 Å². The summed E-state index contributed by atoms with van der Waals surface area (Å²) in [4.78, 5) is 13.4. The monoisotopic (exact) mass is 229 g/mol. The first kappa shape index (κ1) is 13.5. The smallest absolute Gasteiger partial charge is 0.320 e. The molecule has 1 fully saturated rings. The molecule has 94 valence electrons. The summed E-state index contributed by atoms with van der Waals surface area (Å²) in [5.41, 5.74) is 0. The van der Waals surface area contributed by atoms with Gasteiger partial charge in [-0.05, 0) is 32.7 Å². The minimum absolute atomic E-state index is 0.291. The Kier molecular flexibility index (Phi) is 5.77. The van der Waals surface area contributed by atoms with Gasteiger partial charge in [0.1, 0.15) is 6.04 Å². The number of carbonyl (C=O) groups is 1. The molecule has 1 rings (SSSR count). The van der Waals surface area contributed by atoms with Crippen molar-refractivity contribution in [2.75, 3.05) is 20.3 Å². The SMILES string of the molecule is COCCC(C)N1CCCCCC1C(=O)O. The molecular weight excluding hydrogens is 206 g/mol. The van der Waals surface area contributed by atoms with E-state index in [1.54, 1.807) is 7.11 Å². The maximum absolute atomic E-state index is 11.2. The molecule has 0 aliphatic carbocycles. The fraction of sp³-hybridized carbons (Fsp3) is 0.917. The highest BCUT2D eigenvalue weighted by Gasteiger charge is 2.29. The summed E-state index contributed by atoms with van der Waals surface area (Å²) in [7, 11) is 1.68. The number of likely N-dealkylation sites (tertiary alicyclic amines) is 1. The predicted octanol–water partition coefficient (Wildman–Crippen LogP) is 1.74. The van der Waals surface area contributed by atoms with Crippen molar-refractivity contribution < 1.29 is 14.6 Å². The lowest BCUT2D eigenvalue weighted by atomic mass is 10.1. The zero-order valence-corrected chi connectivity index (χ0v) is 10.3. The van der Waals surface area contributed by atoms with Crippen LogP contribution >= 0.6 is 0 Å². The summed E-state index contributed by atoms with van der Waals surface area (Å²) in [5.74, 6) is -0.675. The Balaban J connectivity index is 2.59. The summed E-state index contributed by atoms with van der Waals surface area (Å²) in [6.45, 7) is 3.70. The second-order valence-electron chi connectivity index (χ2n) is 4.57. The first-order chi connectivity index (χ1) is 7.66. The second-order valence-corrected chi connectivity index (χ2v) is 4.57. The Labute approximate surface area is 97.6 Å². The molecule has 0 aromatic carbocycles. The topological polar surface area (TPSA) is 49.8 Å². The Morgan fingerprint density at radius 2 is 2.25 bits per heavy atom. The zero-order chi connectivity index (χ0) is 12.0. The zero-order valence-electron chi connectivity index (χ0n) is 10.3. The average molecular weight is 229 g/mol. The molecule has 0 radical (unpaired) electrons. The van der Waals surface area contributed by atoms with Gasteiger partial charge in [-0.25, -0.2) is 0 Å². The van der Waals surface area contributed by atoms with E-state index in [-0.39, 0.29) is 6.04 Å². The number of carboxylic acid groups (broad SMARTS) is 1. The molecule has 0 amide bonds. The molecule has 0 saturated carbocycles. The summed E-state index contributed by atoms with van der Waals surface area (Å²) < 4.78 is 5.06.